The number of nitrogens with zero attached hydrogens (tertiary/aromatic N) is 2. The van der Waals surface area contributed by atoms with Crippen LogP contribution in [-0.4, -0.2) is 22.3 Å². The molecule has 0 aliphatic carbocycles. The van der Waals surface area contributed by atoms with Crippen molar-refractivity contribution in [2.75, 3.05) is 7.11 Å². The first-order valence-corrected chi connectivity index (χ1v) is 9.34. The topological polar surface area (TPSA) is 81.0 Å². The molecule has 136 valence electrons. The maximum atomic E-state index is 11.9. The van der Waals surface area contributed by atoms with Crippen LogP contribution in [0.1, 0.15) is 11.1 Å². The molecule has 0 bridgehead atoms. The Morgan fingerprint density at radius 3 is 2.74 bits per heavy atom. The van der Waals surface area contributed by atoms with Crippen LogP contribution in [0.4, 0.5) is 0 Å². The van der Waals surface area contributed by atoms with E-state index in [1.807, 2.05) is 43.3 Å². The minimum absolute atomic E-state index is 0.387. The summed E-state index contributed by atoms with van der Waals surface area (Å²) in [7, 11) is 1.58. The van der Waals surface area contributed by atoms with E-state index in [-0.39, 0.29) is 5.63 Å². The largest absolute Gasteiger partial charge is 0.497 e. The summed E-state index contributed by atoms with van der Waals surface area (Å²) < 4.78 is 10.5. The van der Waals surface area contributed by atoms with E-state index in [1.54, 1.807) is 13.2 Å². The maximum absolute atomic E-state index is 11.9. The number of methoxy groups -OCH3 is 1. The molecule has 0 atom stereocenters. The number of benzene rings is 2. The number of rotatable bonds is 5. The fourth-order valence-electron chi connectivity index (χ4n) is 2.75. The number of aryl methyl sites for hydroxylation is 1. The first kappa shape index (κ1) is 17.4. The van der Waals surface area contributed by atoms with E-state index >= 15 is 0 Å². The van der Waals surface area contributed by atoms with Crippen LogP contribution in [0, 0.1) is 6.92 Å². The second-order valence-electron chi connectivity index (χ2n) is 6.07. The second kappa shape index (κ2) is 7.28. The molecule has 0 fully saturated rings. The highest BCUT2D eigenvalue weighted by molar-refractivity contribution is 7.98. The Hall–Kier alpha value is -3.06. The van der Waals surface area contributed by atoms with Gasteiger partial charge in [0.15, 0.2) is 5.82 Å². The van der Waals surface area contributed by atoms with Crippen LogP contribution in [-0.2, 0) is 5.75 Å². The van der Waals surface area contributed by atoms with Gasteiger partial charge in [0.25, 0.3) is 0 Å². The number of aromatic nitrogens is 3. The van der Waals surface area contributed by atoms with Crippen LogP contribution < -0.4 is 10.4 Å². The third-order valence-corrected chi connectivity index (χ3v) is 5.08. The summed E-state index contributed by atoms with van der Waals surface area (Å²) >= 11 is 1.46. The molecule has 0 spiro atoms. The summed E-state index contributed by atoms with van der Waals surface area (Å²) in [6, 6.07) is 15.0. The molecule has 4 aromatic rings. The molecule has 7 heteroatoms. The number of fused-ring (bicyclic) bond motifs is 1. The van der Waals surface area contributed by atoms with Gasteiger partial charge in [-0.05, 0) is 24.6 Å². The zero-order valence-electron chi connectivity index (χ0n) is 14.9. The lowest BCUT2D eigenvalue weighted by Crippen LogP contribution is -2.00. The van der Waals surface area contributed by atoms with Crippen LogP contribution in [0.15, 0.2) is 62.9 Å². The lowest BCUT2D eigenvalue weighted by atomic mass is 10.1. The van der Waals surface area contributed by atoms with Gasteiger partial charge in [-0.2, -0.15) is 0 Å². The maximum Gasteiger partial charge on any atom is 0.336 e. The standard InChI is InChI=1S/C20H17N3O3S/c1-12-3-5-13(6-4-12)19-21-20(23-22-19)27-11-14-9-18(24)26-17-10-15(25-2)7-8-16(14)17/h3-10H,11H2,1-2H3,(H,21,22,23). The van der Waals surface area contributed by atoms with Gasteiger partial charge in [0.05, 0.1) is 7.11 Å². The monoisotopic (exact) mass is 379 g/mol. The van der Waals surface area contributed by atoms with Crippen LogP contribution in [0.25, 0.3) is 22.4 Å². The Morgan fingerprint density at radius 2 is 1.96 bits per heavy atom. The van der Waals surface area contributed by atoms with E-state index < -0.39 is 0 Å². The number of aromatic amines is 1. The van der Waals surface area contributed by atoms with Gasteiger partial charge in [-0.1, -0.05) is 41.6 Å². The highest BCUT2D eigenvalue weighted by Gasteiger charge is 2.10. The van der Waals surface area contributed by atoms with Crippen LogP contribution >= 0.6 is 11.8 Å². The minimum atomic E-state index is -0.387. The van der Waals surface area contributed by atoms with Crippen molar-refractivity contribution in [1.82, 2.24) is 15.2 Å². The number of H-pyrrole nitrogens is 1. The predicted molar refractivity (Wildman–Crippen MR) is 105 cm³/mol. The van der Waals surface area contributed by atoms with E-state index in [1.165, 1.54) is 23.4 Å². The normalized spacial score (nSPS) is 11.0. The summed E-state index contributed by atoms with van der Waals surface area (Å²) in [6.45, 7) is 2.04. The highest BCUT2D eigenvalue weighted by atomic mass is 32.2. The van der Waals surface area contributed by atoms with Crippen molar-refractivity contribution < 1.29 is 9.15 Å². The Labute approximate surface area is 159 Å². The molecule has 27 heavy (non-hydrogen) atoms. The molecule has 0 amide bonds. The van der Waals surface area contributed by atoms with Crippen molar-refractivity contribution >= 4 is 22.7 Å². The van der Waals surface area contributed by atoms with Crippen molar-refractivity contribution in [3.8, 4) is 17.1 Å². The summed E-state index contributed by atoms with van der Waals surface area (Å²) in [4.78, 5) is 16.4. The average Bonchev–Trinajstić information content (AvgIpc) is 3.15. The first-order chi connectivity index (χ1) is 13.1. The summed E-state index contributed by atoms with van der Waals surface area (Å²) in [6.07, 6.45) is 0. The number of hydrogen-bond donors (Lipinski definition) is 1. The molecule has 0 saturated heterocycles. The smallest absolute Gasteiger partial charge is 0.336 e. The number of hydrogen-bond acceptors (Lipinski definition) is 6. The molecular weight excluding hydrogens is 362 g/mol. The van der Waals surface area contributed by atoms with Crippen molar-refractivity contribution in [2.45, 2.75) is 17.8 Å². The molecule has 0 aliphatic heterocycles. The van der Waals surface area contributed by atoms with Gasteiger partial charge in [0.2, 0.25) is 5.16 Å². The SMILES string of the molecule is COc1ccc2c(CSc3n[nH]c(-c4ccc(C)cc4)n3)cc(=O)oc2c1. The van der Waals surface area contributed by atoms with Gasteiger partial charge in [-0.25, -0.2) is 9.78 Å². The molecule has 0 radical (unpaired) electrons. The van der Waals surface area contributed by atoms with Crippen molar-refractivity contribution in [3.63, 3.8) is 0 Å². The van der Waals surface area contributed by atoms with Gasteiger partial charge in [-0.15, -0.1) is 5.10 Å². The first-order valence-electron chi connectivity index (χ1n) is 8.35. The Morgan fingerprint density at radius 1 is 1.15 bits per heavy atom. The molecule has 2 aromatic heterocycles. The average molecular weight is 379 g/mol. The molecule has 1 N–H and O–H groups in total. The zero-order valence-corrected chi connectivity index (χ0v) is 15.7. The molecule has 4 rings (SSSR count). The molecule has 0 unspecified atom stereocenters. The Balaban J connectivity index is 1.57. The van der Waals surface area contributed by atoms with Crippen molar-refractivity contribution in [3.05, 3.63) is 70.1 Å². The number of ether oxygens (including phenoxy) is 1. The molecule has 2 aromatic carbocycles. The highest BCUT2D eigenvalue weighted by Crippen LogP contribution is 2.28. The fourth-order valence-corrected chi connectivity index (χ4v) is 3.54. The van der Waals surface area contributed by atoms with Gasteiger partial charge < -0.3 is 9.15 Å². The van der Waals surface area contributed by atoms with E-state index in [0.717, 1.165) is 22.3 Å². The molecular formula is C20H17N3O3S. The number of nitrogens with one attached hydrogen (secondary N) is 1. The molecule has 2 heterocycles. The summed E-state index contributed by atoms with van der Waals surface area (Å²) in [5, 5.41) is 8.73. The quantitative estimate of drug-likeness (QED) is 0.414. The summed E-state index contributed by atoms with van der Waals surface area (Å²) in [5.74, 6) is 1.92. The van der Waals surface area contributed by atoms with Gasteiger partial charge in [0, 0.05) is 28.8 Å². The van der Waals surface area contributed by atoms with Gasteiger partial charge in [-0.3, -0.25) is 5.10 Å². The molecule has 6 nitrogen and oxygen atoms in total. The molecule has 0 aliphatic rings. The zero-order chi connectivity index (χ0) is 18.8. The van der Waals surface area contributed by atoms with E-state index in [0.29, 0.717) is 22.2 Å². The van der Waals surface area contributed by atoms with Crippen molar-refractivity contribution in [2.24, 2.45) is 0 Å². The summed E-state index contributed by atoms with van der Waals surface area (Å²) in [5.41, 5.74) is 3.17. The van der Waals surface area contributed by atoms with Gasteiger partial charge in [0.1, 0.15) is 11.3 Å². The third-order valence-electron chi connectivity index (χ3n) is 4.18. The Bertz CT molecular complexity index is 1150. The van der Waals surface area contributed by atoms with Crippen LogP contribution in [0.2, 0.25) is 0 Å². The van der Waals surface area contributed by atoms with E-state index in [2.05, 4.69) is 15.2 Å². The number of thioether (sulfide) groups is 1. The third kappa shape index (κ3) is 3.73. The van der Waals surface area contributed by atoms with Crippen molar-refractivity contribution in [1.29, 1.82) is 0 Å². The van der Waals surface area contributed by atoms with E-state index in [4.69, 9.17) is 9.15 Å². The predicted octanol–water partition coefficient (Wildman–Crippen LogP) is 4.19. The second-order valence-corrected chi connectivity index (χ2v) is 7.02. The van der Waals surface area contributed by atoms with Gasteiger partial charge >= 0.3 is 5.63 Å². The minimum Gasteiger partial charge on any atom is -0.497 e. The lowest BCUT2D eigenvalue weighted by molar-refractivity contribution is 0.414. The Kier molecular flexibility index (Phi) is 4.68. The van der Waals surface area contributed by atoms with Crippen LogP contribution in [0.3, 0.4) is 0 Å². The van der Waals surface area contributed by atoms with Crippen LogP contribution in [0.5, 0.6) is 5.75 Å². The molecule has 0 saturated carbocycles. The lowest BCUT2D eigenvalue weighted by Gasteiger charge is -2.05. The fraction of sp³-hybridized carbons (Fsp3) is 0.150. The van der Waals surface area contributed by atoms with E-state index in [9.17, 15) is 4.79 Å².